The zero-order chi connectivity index (χ0) is 11.7. The number of ether oxygens (including phenoxy) is 1. The van der Waals surface area contributed by atoms with Crippen LogP contribution in [0.3, 0.4) is 0 Å². The summed E-state index contributed by atoms with van der Waals surface area (Å²) in [4.78, 5) is 13.4. The van der Waals surface area contributed by atoms with Gasteiger partial charge in [0.15, 0.2) is 0 Å². The van der Waals surface area contributed by atoms with Crippen LogP contribution < -0.4 is 5.32 Å². The number of methoxy groups -OCH3 is 1. The lowest BCUT2D eigenvalue weighted by atomic mass is 10.2. The van der Waals surface area contributed by atoms with Gasteiger partial charge in [-0.15, -0.1) is 0 Å². The molecule has 0 aliphatic carbocycles. The van der Waals surface area contributed by atoms with Crippen LogP contribution in [0.25, 0.3) is 0 Å². The van der Waals surface area contributed by atoms with Crippen LogP contribution in [-0.2, 0) is 9.53 Å². The average Bonchev–Trinajstić information content (AvgIpc) is 2.23. The van der Waals surface area contributed by atoms with E-state index in [1.54, 1.807) is 7.11 Å². The number of hydrogen-bond acceptors (Lipinski definition) is 4. The Kier molecular flexibility index (Phi) is 8.27. The molecule has 0 saturated carbocycles. The van der Waals surface area contributed by atoms with Gasteiger partial charge in [0, 0.05) is 26.8 Å². The first kappa shape index (κ1) is 14.3. The van der Waals surface area contributed by atoms with Crippen molar-refractivity contribution in [2.75, 3.05) is 40.5 Å². The van der Waals surface area contributed by atoms with Gasteiger partial charge < -0.3 is 15.2 Å². The lowest BCUT2D eigenvalue weighted by Crippen LogP contribution is -2.44. The third-order valence-electron chi connectivity index (χ3n) is 2.32. The molecule has 1 unspecified atom stereocenters. The number of carbonyl (C=O) groups is 1. The van der Waals surface area contributed by atoms with Gasteiger partial charge in [-0.05, 0) is 20.4 Å². The number of carbonyl (C=O) groups excluding carboxylic acids is 1. The van der Waals surface area contributed by atoms with Crippen molar-refractivity contribution in [2.24, 2.45) is 0 Å². The summed E-state index contributed by atoms with van der Waals surface area (Å²) in [7, 11) is 3.45. The van der Waals surface area contributed by atoms with Gasteiger partial charge in [-0.3, -0.25) is 9.69 Å². The van der Waals surface area contributed by atoms with Crippen molar-refractivity contribution in [1.29, 1.82) is 0 Å². The molecular formula is C10H22N2O3. The van der Waals surface area contributed by atoms with Gasteiger partial charge in [-0.25, -0.2) is 0 Å². The van der Waals surface area contributed by atoms with Crippen molar-refractivity contribution in [1.82, 2.24) is 10.2 Å². The van der Waals surface area contributed by atoms with E-state index in [4.69, 9.17) is 9.84 Å². The number of aliphatic hydroxyl groups is 1. The summed E-state index contributed by atoms with van der Waals surface area (Å²) in [5.41, 5.74) is 0. The molecule has 0 bridgehead atoms. The van der Waals surface area contributed by atoms with Crippen LogP contribution in [0.15, 0.2) is 0 Å². The third-order valence-corrected chi connectivity index (χ3v) is 2.32. The summed E-state index contributed by atoms with van der Waals surface area (Å²) in [6.07, 6.45) is 0.818. The standard InChI is InChI=1S/C10H22N2O3/c1-9(12(2)6-7-13)10(14)11-5-4-8-15-3/h9,13H,4-8H2,1-3H3,(H,11,14). The van der Waals surface area contributed by atoms with E-state index in [0.717, 1.165) is 6.42 Å². The molecule has 1 amide bonds. The molecule has 0 aromatic carbocycles. The normalized spacial score (nSPS) is 12.9. The predicted octanol–water partition coefficient (Wildman–Crippen LogP) is -0.548. The molecule has 5 heteroatoms. The number of likely N-dealkylation sites (N-methyl/N-ethyl adjacent to an activating group) is 1. The molecule has 0 saturated heterocycles. The van der Waals surface area contributed by atoms with Crippen molar-refractivity contribution < 1.29 is 14.6 Å². The van der Waals surface area contributed by atoms with Gasteiger partial charge in [-0.1, -0.05) is 0 Å². The fourth-order valence-corrected chi connectivity index (χ4v) is 1.13. The Morgan fingerprint density at radius 2 is 2.27 bits per heavy atom. The van der Waals surface area contributed by atoms with Crippen molar-refractivity contribution in [3.05, 3.63) is 0 Å². The molecule has 0 aliphatic rings. The SMILES string of the molecule is COCCCNC(=O)C(C)N(C)CCO. The van der Waals surface area contributed by atoms with Crippen LogP contribution in [0.1, 0.15) is 13.3 Å². The smallest absolute Gasteiger partial charge is 0.237 e. The summed E-state index contributed by atoms with van der Waals surface area (Å²) >= 11 is 0. The molecule has 90 valence electrons. The quantitative estimate of drug-likeness (QED) is 0.537. The number of nitrogens with zero attached hydrogens (tertiary/aromatic N) is 1. The van der Waals surface area contributed by atoms with Crippen LogP contribution in [0, 0.1) is 0 Å². The van der Waals surface area contributed by atoms with E-state index >= 15 is 0 Å². The summed E-state index contributed by atoms with van der Waals surface area (Å²) in [6.45, 7) is 3.68. The highest BCUT2D eigenvalue weighted by molar-refractivity contribution is 5.81. The maximum absolute atomic E-state index is 11.5. The molecule has 0 aliphatic heterocycles. The number of rotatable bonds is 8. The van der Waals surface area contributed by atoms with E-state index in [9.17, 15) is 4.79 Å². The second kappa shape index (κ2) is 8.64. The maximum Gasteiger partial charge on any atom is 0.237 e. The Balaban J connectivity index is 3.68. The largest absolute Gasteiger partial charge is 0.395 e. The average molecular weight is 218 g/mol. The highest BCUT2D eigenvalue weighted by atomic mass is 16.5. The minimum absolute atomic E-state index is 0.0120. The molecule has 0 heterocycles. The summed E-state index contributed by atoms with van der Waals surface area (Å²) < 4.78 is 4.88. The number of amides is 1. The molecule has 15 heavy (non-hydrogen) atoms. The topological polar surface area (TPSA) is 61.8 Å². The van der Waals surface area contributed by atoms with E-state index in [0.29, 0.717) is 19.7 Å². The molecule has 1 atom stereocenters. The molecule has 5 nitrogen and oxygen atoms in total. The van der Waals surface area contributed by atoms with Crippen molar-refractivity contribution >= 4 is 5.91 Å². The summed E-state index contributed by atoms with van der Waals surface area (Å²) in [6, 6.07) is -0.209. The molecule has 0 rings (SSSR count). The van der Waals surface area contributed by atoms with Crippen LogP contribution in [0.4, 0.5) is 0 Å². The van der Waals surface area contributed by atoms with Crippen LogP contribution in [0.2, 0.25) is 0 Å². The van der Waals surface area contributed by atoms with Crippen molar-refractivity contribution in [3.8, 4) is 0 Å². The Bertz CT molecular complexity index is 176. The predicted molar refractivity (Wildman–Crippen MR) is 58.7 cm³/mol. The minimum Gasteiger partial charge on any atom is -0.395 e. The van der Waals surface area contributed by atoms with Gasteiger partial charge >= 0.3 is 0 Å². The molecule has 0 aromatic heterocycles. The molecule has 0 radical (unpaired) electrons. The third kappa shape index (κ3) is 6.43. The lowest BCUT2D eigenvalue weighted by molar-refractivity contribution is -0.125. The second-order valence-electron chi connectivity index (χ2n) is 3.52. The van der Waals surface area contributed by atoms with Gasteiger partial charge in [0.05, 0.1) is 12.6 Å². The fourth-order valence-electron chi connectivity index (χ4n) is 1.13. The fraction of sp³-hybridized carbons (Fsp3) is 0.900. The van der Waals surface area contributed by atoms with Gasteiger partial charge in [0.25, 0.3) is 0 Å². The van der Waals surface area contributed by atoms with Crippen LogP contribution in [0.5, 0.6) is 0 Å². The Morgan fingerprint density at radius 1 is 1.60 bits per heavy atom. The van der Waals surface area contributed by atoms with Crippen LogP contribution in [-0.4, -0.2) is 62.4 Å². The number of nitrogens with one attached hydrogen (secondary N) is 1. The van der Waals surface area contributed by atoms with Crippen molar-refractivity contribution in [2.45, 2.75) is 19.4 Å². The summed E-state index contributed by atoms with van der Waals surface area (Å²) in [5, 5.41) is 11.5. The molecular weight excluding hydrogens is 196 g/mol. The molecule has 0 aromatic rings. The molecule has 0 fully saturated rings. The van der Waals surface area contributed by atoms with E-state index in [2.05, 4.69) is 5.32 Å². The first-order valence-electron chi connectivity index (χ1n) is 5.21. The minimum atomic E-state index is -0.209. The number of aliphatic hydroxyl groups excluding tert-OH is 1. The monoisotopic (exact) mass is 218 g/mol. The first-order chi connectivity index (χ1) is 7.13. The summed E-state index contributed by atoms with van der Waals surface area (Å²) in [5.74, 6) is -0.0120. The van der Waals surface area contributed by atoms with Gasteiger partial charge in [-0.2, -0.15) is 0 Å². The second-order valence-corrected chi connectivity index (χ2v) is 3.52. The van der Waals surface area contributed by atoms with Gasteiger partial charge in [0.2, 0.25) is 5.91 Å². The Labute approximate surface area is 91.4 Å². The number of hydrogen-bond donors (Lipinski definition) is 2. The Hall–Kier alpha value is -0.650. The van der Waals surface area contributed by atoms with E-state index in [1.807, 2.05) is 18.9 Å². The highest BCUT2D eigenvalue weighted by Crippen LogP contribution is 1.94. The first-order valence-corrected chi connectivity index (χ1v) is 5.21. The zero-order valence-electron chi connectivity index (χ0n) is 9.82. The molecule has 2 N–H and O–H groups in total. The highest BCUT2D eigenvalue weighted by Gasteiger charge is 2.16. The van der Waals surface area contributed by atoms with Crippen LogP contribution >= 0.6 is 0 Å². The zero-order valence-corrected chi connectivity index (χ0v) is 9.82. The van der Waals surface area contributed by atoms with Crippen molar-refractivity contribution in [3.63, 3.8) is 0 Å². The van der Waals surface area contributed by atoms with E-state index in [-0.39, 0.29) is 18.6 Å². The lowest BCUT2D eigenvalue weighted by Gasteiger charge is -2.22. The molecule has 0 spiro atoms. The Morgan fingerprint density at radius 3 is 2.80 bits per heavy atom. The van der Waals surface area contributed by atoms with E-state index < -0.39 is 0 Å². The van der Waals surface area contributed by atoms with E-state index in [1.165, 1.54) is 0 Å². The maximum atomic E-state index is 11.5. The van der Waals surface area contributed by atoms with Gasteiger partial charge in [0.1, 0.15) is 0 Å².